The van der Waals surface area contributed by atoms with Crippen LogP contribution in [0, 0.1) is 6.92 Å². The van der Waals surface area contributed by atoms with Crippen molar-refractivity contribution < 1.29 is 9.53 Å². The molecule has 6 heteroatoms. The molecule has 0 bridgehead atoms. The monoisotopic (exact) mass is 407 g/mol. The second kappa shape index (κ2) is 8.76. The quantitative estimate of drug-likeness (QED) is 0.613. The maximum absolute atomic E-state index is 11.8. The van der Waals surface area contributed by atoms with E-state index in [1.54, 1.807) is 16.2 Å². The third-order valence-electron chi connectivity index (χ3n) is 4.91. The minimum Gasteiger partial charge on any atom is -0.377 e. The van der Waals surface area contributed by atoms with Gasteiger partial charge in [0.2, 0.25) is 0 Å². The Labute approximate surface area is 175 Å². The lowest BCUT2D eigenvalue weighted by atomic mass is 10.0. The SMILES string of the molecule is CCOCc1cc(C)cc(Cc2nc(-c3ccc(N4CCNC4=O)cc3)cs2)c1. The molecule has 150 valence electrons. The van der Waals surface area contributed by atoms with E-state index in [0.717, 1.165) is 35.0 Å². The number of anilines is 1. The number of ether oxygens (including phenoxy) is 1. The molecule has 1 fully saturated rings. The Balaban J connectivity index is 1.47. The Hall–Kier alpha value is -2.70. The van der Waals surface area contributed by atoms with E-state index in [1.165, 1.54) is 16.7 Å². The largest absolute Gasteiger partial charge is 0.377 e. The van der Waals surface area contributed by atoms with Crippen LogP contribution in [0.1, 0.15) is 28.6 Å². The average molecular weight is 408 g/mol. The molecule has 0 unspecified atom stereocenters. The number of nitrogens with zero attached hydrogens (tertiary/aromatic N) is 2. The first kappa shape index (κ1) is 19.6. The van der Waals surface area contributed by atoms with Gasteiger partial charge in [-0.15, -0.1) is 11.3 Å². The van der Waals surface area contributed by atoms with E-state index in [9.17, 15) is 4.79 Å². The van der Waals surface area contributed by atoms with Crippen LogP contribution in [-0.4, -0.2) is 30.7 Å². The minimum absolute atomic E-state index is 0.0319. The summed E-state index contributed by atoms with van der Waals surface area (Å²) in [5, 5.41) is 6.02. The standard InChI is InChI=1S/C23H25N3O2S/c1-3-28-14-18-11-16(2)10-17(12-18)13-22-25-21(15-29-22)19-4-6-20(7-5-19)26-9-8-24-23(26)27/h4-7,10-12,15H,3,8-9,13-14H2,1-2H3,(H,24,27). The topological polar surface area (TPSA) is 54.5 Å². The second-order valence-corrected chi connectivity index (χ2v) is 8.14. The molecule has 0 aliphatic carbocycles. The summed E-state index contributed by atoms with van der Waals surface area (Å²) in [5.41, 5.74) is 6.68. The maximum atomic E-state index is 11.8. The van der Waals surface area contributed by atoms with Gasteiger partial charge in [0.05, 0.1) is 17.3 Å². The molecule has 2 heterocycles. The lowest BCUT2D eigenvalue weighted by molar-refractivity contribution is 0.134. The van der Waals surface area contributed by atoms with Crippen LogP contribution in [0.15, 0.2) is 47.8 Å². The van der Waals surface area contributed by atoms with Gasteiger partial charge in [-0.25, -0.2) is 9.78 Å². The van der Waals surface area contributed by atoms with Gasteiger partial charge in [-0.3, -0.25) is 4.90 Å². The third-order valence-corrected chi connectivity index (χ3v) is 5.76. The van der Waals surface area contributed by atoms with Crippen molar-refractivity contribution in [2.24, 2.45) is 0 Å². The summed E-state index contributed by atoms with van der Waals surface area (Å²) in [6.07, 6.45) is 0.817. The van der Waals surface area contributed by atoms with Gasteiger partial charge in [-0.2, -0.15) is 0 Å². The van der Waals surface area contributed by atoms with E-state index in [-0.39, 0.29) is 6.03 Å². The number of rotatable bonds is 7. The molecule has 5 nitrogen and oxygen atoms in total. The van der Waals surface area contributed by atoms with Crippen molar-refractivity contribution in [3.8, 4) is 11.3 Å². The Morgan fingerprint density at radius 1 is 1.17 bits per heavy atom. The number of amides is 2. The Bertz CT molecular complexity index is 998. The molecular weight excluding hydrogens is 382 g/mol. The molecule has 0 saturated carbocycles. The lowest BCUT2D eigenvalue weighted by Crippen LogP contribution is -2.27. The molecule has 1 N–H and O–H groups in total. The molecule has 1 saturated heterocycles. The summed E-state index contributed by atoms with van der Waals surface area (Å²) < 4.78 is 5.55. The van der Waals surface area contributed by atoms with Gasteiger partial charge in [-0.1, -0.05) is 35.9 Å². The van der Waals surface area contributed by atoms with Crippen LogP contribution in [0.5, 0.6) is 0 Å². The summed E-state index contributed by atoms with van der Waals surface area (Å²) in [5.74, 6) is 0. The third kappa shape index (κ3) is 4.66. The van der Waals surface area contributed by atoms with Crippen molar-refractivity contribution in [1.82, 2.24) is 10.3 Å². The summed E-state index contributed by atoms with van der Waals surface area (Å²) in [4.78, 5) is 18.4. The van der Waals surface area contributed by atoms with Gasteiger partial charge < -0.3 is 10.1 Å². The highest BCUT2D eigenvalue weighted by molar-refractivity contribution is 7.10. The van der Waals surface area contributed by atoms with E-state index < -0.39 is 0 Å². The molecule has 1 aliphatic rings. The molecule has 2 aromatic carbocycles. The number of carbonyl (C=O) groups excluding carboxylic acids is 1. The first-order valence-corrected chi connectivity index (χ1v) is 10.8. The predicted molar refractivity (Wildman–Crippen MR) is 118 cm³/mol. The molecule has 0 atom stereocenters. The molecule has 29 heavy (non-hydrogen) atoms. The fourth-order valence-corrected chi connectivity index (χ4v) is 4.42. The van der Waals surface area contributed by atoms with Gasteiger partial charge in [-0.05, 0) is 37.1 Å². The highest BCUT2D eigenvalue weighted by Gasteiger charge is 2.20. The molecule has 2 amide bonds. The van der Waals surface area contributed by atoms with Crippen LogP contribution in [0.3, 0.4) is 0 Å². The van der Waals surface area contributed by atoms with Gasteiger partial charge >= 0.3 is 6.03 Å². The Morgan fingerprint density at radius 2 is 1.97 bits per heavy atom. The number of nitrogens with one attached hydrogen (secondary N) is 1. The minimum atomic E-state index is -0.0319. The molecule has 1 aromatic heterocycles. The zero-order chi connectivity index (χ0) is 20.2. The first-order chi connectivity index (χ1) is 14.1. The molecule has 1 aliphatic heterocycles. The van der Waals surface area contributed by atoms with Crippen LogP contribution in [0.4, 0.5) is 10.5 Å². The van der Waals surface area contributed by atoms with Crippen molar-refractivity contribution in [1.29, 1.82) is 0 Å². The number of urea groups is 1. The fourth-order valence-electron chi connectivity index (χ4n) is 3.58. The van der Waals surface area contributed by atoms with Crippen LogP contribution in [0.2, 0.25) is 0 Å². The van der Waals surface area contributed by atoms with Crippen molar-refractivity contribution >= 4 is 23.1 Å². The maximum Gasteiger partial charge on any atom is 0.321 e. The highest BCUT2D eigenvalue weighted by Crippen LogP contribution is 2.27. The Kier molecular flexibility index (Phi) is 5.92. The normalized spacial score (nSPS) is 13.7. The summed E-state index contributed by atoms with van der Waals surface area (Å²) >= 11 is 1.68. The van der Waals surface area contributed by atoms with E-state index in [1.807, 2.05) is 31.2 Å². The van der Waals surface area contributed by atoms with Gasteiger partial charge in [0.1, 0.15) is 0 Å². The number of thiazole rings is 1. The van der Waals surface area contributed by atoms with Crippen molar-refractivity contribution in [3.63, 3.8) is 0 Å². The summed E-state index contributed by atoms with van der Waals surface area (Å²) in [6.45, 7) is 6.91. The zero-order valence-electron chi connectivity index (χ0n) is 16.8. The zero-order valence-corrected chi connectivity index (χ0v) is 17.6. The predicted octanol–water partition coefficient (Wildman–Crippen LogP) is 4.78. The molecular formula is C23H25N3O2S. The van der Waals surface area contributed by atoms with Crippen LogP contribution >= 0.6 is 11.3 Å². The highest BCUT2D eigenvalue weighted by atomic mass is 32.1. The first-order valence-electron chi connectivity index (χ1n) is 9.90. The molecule has 3 aromatic rings. The van der Waals surface area contributed by atoms with Crippen LogP contribution in [0.25, 0.3) is 11.3 Å². The van der Waals surface area contributed by atoms with Crippen molar-refractivity contribution in [2.45, 2.75) is 26.9 Å². The lowest BCUT2D eigenvalue weighted by Gasteiger charge is -2.14. The van der Waals surface area contributed by atoms with Crippen LogP contribution in [-0.2, 0) is 17.8 Å². The number of aromatic nitrogens is 1. The number of hydrogen-bond donors (Lipinski definition) is 1. The Morgan fingerprint density at radius 3 is 2.69 bits per heavy atom. The summed E-state index contributed by atoms with van der Waals surface area (Å²) in [7, 11) is 0. The number of benzene rings is 2. The summed E-state index contributed by atoms with van der Waals surface area (Å²) in [6, 6.07) is 14.6. The molecule has 4 rings (SSSR count). The van der Waals surface area contributed by atoms with E-state index in [0.29, 0.717) is 19.7 Å². The van der Waals surface area contributed by atoms with Gasteiger partial charge in [0, 0.05) is 42.7 Å². The smallest absolute Gasteiger partial charge is 0.321 e. The number of carbonyl (C=O) groups is 1. The van der Waals surface area contributed by atoms with Crippen molar-refractivity contribution in [3.05, 3.63) is 69.5 Å². The number of hydrogen-bond acceptors (Lipinski definition) is 4. The van der Waals surface area contributed by atoms with Gasteiger partial charge in [0.15, 0.2) is 0 Å². The molecule has 0 spiro atoms. The average Bonchev–Trinajstić information content (AvgIpc) is 3.35. The van der Waals surface area contributed by atoms with E-state index in [4.69, 9.17) is 9.72 Å². The van der Waals surface area contributed by atoms with Gasteiger partial charge in [0.25, 0.3) is 0 Å². The fraction of sp³-hybridized carbons (Fsp3) is 0.304. The van der Waals surface area contributed by atoms with Crippen molar-refractivity contribution in [2.75, 3.05) is 24.6 Å². The molecule has 0 radical (unpaired) electrons. The van der Waals surface area contributed by atoms with E-state index in [2.05, 4.69) is 35.8 Å². The second-order valence-electron chi connectivity index (χ2n) is 7.20. The number of aryl methyl sites for hydroxylation is 1. The van der Waals surface area contributed by atoms with E-state index >= 15 is 0 Å². The van der Waals surface area contributed by atoms with Crippen LogP contribution < -0.4 is 10.2 Å².